The number of hydrogen-bond acceptors (Lipinski definition) is 5. The van der Waals surface area contributed by atoms with Crippen LogP contribution in [0.2, 0.25) is 0 Å². The Morgan fingerprint density at radius 1 is 1.33 bits per heavy atom. The summed E-state index contributed by atoms with van der Waals surface area (Å²) in [7, 11) is 0. The molecule has 0 bridgehead atoms. The van der Waals surface area contributed by atoms with Crippen molar-refractivity contribution >= 4 is 11.7 Å². The van der Waals surface area contributed by atoms with Crippen LogP contribution in [0.1, 0.15) is 43.0 Å². The predicted molar refractivity (Wildman–Crippen MR) is 96.3 cm³/mol. The summed E-state index contributed by atoms with van der Waals surface area (Å²) < 4.78 is 0. The zero-order chi connectivity index (χ0) is 16.8. The highest BCUT2D eigenvalue weighted by molar-refractivity contribution is 6.00. The van der Waals surface area contributed by atoms with E-state index in [1.54, 1.807) is 6.20 Å². The zero-order valence-electron chi connectivity index (χ0n) is 14.6. The van der Waals surface area contributed by atoms with Gasteiger partial charge in [-0.1, -0.05) is 6.92 Å². The van der Waals surface area contributed by atoms with Crippen molar-refractivity contribution in [3.05, 3.63) is 23.9 Å². The Morgan fingerprint density at radius 2 is 2.25 bits per heavy atom. The molecule has 1 unspecified atom stereocenters. The fraction of sp³-hybridized carbons (Fsp3) is 0.667. The number of nitrogens with one attached hydrogen (secondary N) is 2. The summed E-state index contributed by atoms with van der Waals surface area (Å²) in [6, 6.07) is 4.33. The molecule has 3 heterocycles. The van der Waals surface area contributed by atoms with Crippen molar-refractivity contribution in [2.45, 2.75) is 38.6 Å². The molecule has 2 aliphatic rings. The Bertz CT molecular complexity index is 542. The first-order valence-corrected chi connectivity index (χ1v) is 9.22. The standard InChI is InChI=1S/C18H29N5O/c1-2-15(22-12-5-8-19-10-13-22)6-4-11-23-14-21-18(24)16-7-3-9-20-17(16)23/h3,7,9,15,19H,2,4-6,8,10-14H2,1H3,(H,21,24). The third-order valence-electron chi connectivity index (χ3n) is 5.09. The predicted octanol–water partition coefficient (Wildman–Crippen LogP) is 1.44. The van der Waals surface area contributed by atoms with Gasteiger partial charge in [0.1, 0.15) is 5.82 Å². The number of hydrogen-bond donors (Lipinski definition) is 2. The first-order chi connectivity index (χ1) is 11.8. The van der Waals surface area contributed by atoms with Crippen LogP contribution in [0.15, 0.2) is 18.3 Å². The van der Waals surface area contributed by atoms with Gasteiger partial charge in [0.2, 0.25) is 0 Å². The van der Waals surface area contributed by atoms with E-state index in [1.165, 1.54) is 25.8 Å². The van der Waals surface area contributed by atoms with E-state index in [4.69, 9.17) is 0 Å². The Kier molecular flexibility index (Phi) is 6.04. The van der Waals surface area contributed by atoms with Gasteiger partial charge in [0, 0.05) is 31.9 Å². The van der Waals surface area contributed by atoms with Gasteiger partial charge in [-0.05, 0) is 50.9 Å². The van der Waals surface area contributed by atoms with Crippen LogP contribution in [0.25, 0.3) is 0 Å². The zero-order valence-corrected chi connectivity index (χ0v) is 14.6. The van der Waals surface area contributed by atoms with Crippen LogP contribution in [-0.4, -0.2) is 61.2 Å². The van der Waals surface area contributed by atoms with E-state index in [0.717, 1.165) is 38.4 Å². The SMILES string of the molecule is CCC(CCCN1CNC(=O)c2cccnc21)N1CCCNCC1. The lowest BCUT2D eigenvalue weighted by atomic mass is 10.1. The molecule has 6 nitrogen and oxygen atoms in total. The second-order valence-electron chi connectivity index (χ2n) is 6.65. The van der Waals surface area contributed by atoms with Crippen LogP contribution >= 0.6 is 0 Å². The molecule has 2 aliphatic heterocycles. The van der Waals surface area contributed by atoms with E-state index in [1.807, 2.05) is 12.1 Å². The summed E-state index contributed by atoms with van der Waals surface area (Å²) in [4.78, 5) is 21.2. The first kappa shape index (κ1) is 17.2. The van der Waals surface area contributed by atoms with Crippen LogP contribution in [0.5, 0.6) is 0 Å². The number of rotatable bonds is 6. The molecule has 3 rings (SSSR count). The van der Waals surface area contributed by atoms with Crippen LogP contribution < -0.4 is 15.5 Å². The Morgan fingerprint density at radius 3 is 3.12 bits per heavy atom. The van der Waals surface area contributed by atoms with Crippen LogP contribution in [-0.2, 0) is 0 Å². The van der Waals surface area contributed by atoms with E-state index in [9.17, 15) is 4.79 Å². The molecule has 2 N–H and O–H groups in total. The molecular weight excluding hydrogens is 302 g/mol. The molecule has 0 aromatic carbocycles. The van der Waals surface area contributed by atoms with Gasteiger partial charge in [-0.3, -0.25) is 9.69 Å². The minimum atomic E-state index is -0.0159. The Balaban J connectivity index is 1.54. The maximum Gasteiger partial charge on any atom is 0.256 e. The minimum Gasteiger partial charge on any atom is -0.338 e. The molecular formula is C18H29N5O. The van der Waals surface area contributed by atoms with Crippen LogP contribution in [0, 0.1) is 0 Å². The van der Waals surface area contributed by atoms with Crippen molar-refractivity contribution in [1.82, 2.24) is 20.5 Å². The van der Waals surface area contributed by atoms with E-state index >= 15 is 0 Å². The number of aromatic nitrogens is 1. The van der Waals surface area contributed by atoms with Gasteiger partial charge >= 0.3 is 0 Å². The highest BCUT2D eigenvalue weighted by Crippen LogP contribution is 2.21. The van der Waals surface area contributed by atoms with Gasteiger partial charge in [0.25, 0.3) is 5.91 Å². The maximum absolute atomic E-state index is 11.9. The Labute approximate surface area is 144 Å². The molecule has 0 aliphatic carbocycles. The second kappa shape index (κ2) is 8.44. The fourth-order valence-electron chi connectivity index (χ4n) is 3.74. The molecule has 6 heteroatoms. The third-order valence-corrected chi connectivity index (χ3v) is 5.09. The molecule has 1 atom stereocenters. The highest BCUT2D eigenvalue weighted by atomic mass is 16.2. The number of pyridine rings is 1. The Hall–Kier alpha value is -1.66. The van der Waals surface area contributed by atoms with Crippen LogP contribution in [0.3, 0.4) is 0 Å². The van der Waals surface area contributed by atoms with Crippen molar-refractivity contribution in [3.8, 4) is 0 Å². The van der Waals surface area contributed by atoms with Crippen molar-refractivity contribution < 1.29 is 4.79 Å². The third kappa shape index (κ3) is 4.05. The lowest BCUT2D eigenvalue weighted by Crippen LogP contribution is -2.45. The van der Waals surface area contributed by atoms with E-state index in [0.29, 0.717) is 18.3 Å². The smallest absolute Gasteiger partial charge is 0.256 e. The van der Waals surface area contributed by atoms with E-state index in [2.05, 4.69) is 32.3 Å². The average Bonchev–Trinajstić information content (AvgIpc) is 2.90. The highest BCUT2D eigenvalue weighted by Gasteiger charge is 2.24. The monoisotopic (exact) mass is 331 g/mol. The summed E-state index contributed by atoms with van der Waals surface area (Å²) in [5.41, 5.74) is 0.689. The molecule has 24 heavy (non-hydrogen) atoms. The molecule has 132 valence electrons. The quantitative estimate of drug-likeness (QED) is 0.826. The molecule has 1 aromatic heterocycles. The topological polar surface area (TPSA) is 60.5 Å². The second-order valence-corrected chi connectivity index (χ2v) is 6.65. The largest absolute Gasteiger partial charge is 0.338 e. The lowest BCUT2D eigenvalue weighted by Gasteiger charge is -2.32. The van der Waals surface area contributed by atoms with E-state index < -0.39 is 0 Å². The lowest BCUT2D eigenvalue weighted by molar-refractivity contribution is 0.0946. The molecule has 1 saturated heterocycles. The maximum atomic E-state index is 11.9. The molecule has 1 aromatic rings. The first-order valence-electron chi connectivity index (χ1n) is 9.22. The summed E-state index contributed by atoms with van der Waals surface area (Å²) in [5.74, 6) is 0.811. The molecule has 0 saturated carbocycles. The van der Waals surface area contributed by atoms with Gasteiger partial charge < -0.3 is 15.5 Å². The average molecular weight is 331 g/mol. The van der Waals surface area contributed by atoms with Gasteiger partial charge in [-0.25, -0.2) is 4.98 Å². The normalized spacial score (nSPS) is 20.2. The molecule has 1 fully saturated rings. The van der Waals surface area contributed by atoms with E-state index in [-0.39, 0.29) is 5.91 Å². The molecule has 0 spiro atoms. The summed E-state index contributed by atoms with van der Waals surface area (Å²) in [6.07, 6.45) is 6.53. The van der Waals surface area contributed by atoms with Crippen LogP contribution in [0.4, 0.5) is 5.82 Å². The van der Waals surface area contributed by atoms with Gasteiger partial charge in [0.05, 0.1) is 12.2 Å². The minimum absolute atomic E-state index is 0.0159. The molecule has 1 amide bonds. The number of nitrogens with zero attached hydrogens (tertiary/aromatic N) is 3. The number of anilines is 1. The summed E-state index contributed by atoms with van der Waals surface area (Å²) in [5, 5.41) is 6.42. The molecule has 0 radical (unpaired) electrons. The fourth-order valence-corrected chi connectivity index (χ4v) is 3.74. The number of amides is 1. The number of fused-ring (bicyclic) bond motifs is 1. The van der Waals surface area contributed by atoms with Crippen molar-refractivity contribution in [2.24, 2.45) is 0 Å². The number of carbonyl (C=O) groups excluding carboxylic acids is 1. The van der Waals surface area contributed by atoms with Gasteiger partial charge in [0.15, 0.2) is 0 Å². The van der Waals surface area contributed by atoms with Crippen molar-refractivity contribution in [2.75, 3.05) is 44.3 Å². The van der Waals surface area contributed by atoms with Gasteiger partial charge in [-0.2, -0.15) is 0 Å². The van der Waals surface area contributed by atoms with Crippen molar-refractivity contribution in [1.29, 1.82) is 0 Å². The summed E-state index contributed by atoms with van der Waals surface area (Å²) in [6.45, 7) is 8.40. The number of carbonyl (C=O) groups is 1. The summed E-state index contributed by atoms with van der Waals surface area (Å²) >= 11 is 0. The van der Waals surface area contributed by atoms with Gasteiger partial charge in [-0.15, -0.1) is 0 Å². The van der Waals surface area contributed by atoms with Crippen molar-refractivity contribution in [3.63, 3.8) is 0 Å².